The van der Waals surface area contributed by atoms with Gasteiger partial charge in [-0.05, 0) is 25.2 Å². The summed E-state index contributed by atoms with van der Waals surface area (Å²) in [6, 6.07) is 0. The van der Waals surface area contributed by atoms with Crippen molar-refractivity contribution in [2.75, 3.05) is 13.2 Å². The van der Waals surface area contributed by atoms with Gasteiger partial charge in [0, 0.05) is 19.3 Å². The maximum atomic E-state index is 12.8. The SMILES string of the molecule is CCCCCCCCCCCCCCCCCCCC(=O)OC[C@@H](COC(=O)CCCCCCCCCCCCCCC)OC(=O)CCCCCCCCCCCCCC(C)C. The Morgan fingerprint density at radius 3 is 0.790 bits per heavy atom. The van der Waals surface area contributed by atoms with Gasteiger partial charge in [0.1, 0.15) is 13.2 Å². The minimum Gasteiger partial charge on any atom is -0.462 e. The lowest BCUT2D eigenvalue weighted by Crippen LogP contribution is -2.30. The number of rotatable bonds is 51. The van der Waals surface area contributed by atoms with E-state index in [0.717, 1.165) is 63.7 Å². The van der Waals surface area contributed by atoms with E-state index < -0.39 is 6.10 Å². The molecule has 6 nitrogen and oxygen atoms in total. The molecule has 0 aliphatic heterocycles. The van der Waals surface area contributed by atoms with E-state index >= 15 is 0 Å². The first-order valence-electron chi connectivity index (χ1n) is 27.9. The summed E-state index contributed by atoms with van der Waals surface area (Å²) < 4.78 is 16.9. The standard InChI is InChI=1S/C56H108O6/c1-5-7-9-11-13-15-17-19-20-21-22-24-28-32-36-40-44-48-55(58)61-51-53(50-60-54(57)47-43-39-35-31-27-23-18-16-14-12-10-8-6-2)62-56(59)49-45-41-37-33-29-25-26-30-34-38-42-46-52(3)4/h52-53H,5-51H2,1-4H3/t53-/m1/s1. The van der Waals surface area contributed by atoms with Crippen LogP contribution in [0.4, 0.5) is 0 Å². The molecule has 1 atom stereocenters. The van der Waals surface area contributed by atoms with E-state index in [1.807, 2.05) is 0 Å². The highest BCUT2D eigenvalue weighted by Gasteiger charge is 2.19. The Hall–Kier alpha value is -1.59. The lowest BCUT2D eigenvalue weighted by molar-refractivity contribution is -0.167. The molecule has 0 radical (unpaired) electrons. The van der Waals surface area contributed by atoms with Crippen molar-refractivity contribution >= 4 is 17.9 Å². The first-order chi connectivity index (χ1) is 30.4. The van der Waals surface area contributed by atoms with Crippen LogP contribution in [-0.2, 0) is 28.6 Å². The van der Waals surface area contributed by atoms with E-state index in [0.29, 0.717) is 19.3 Å². The lowest BCUT2D eigenvalue weighted by atomic mass is 10.0. The first-order valence-corrected chi connectivity index (χ1v) is 27.9. The summed E-state index contributed by atoms with van der Waals surface area (Å²) >= 11 is 0. The third-order valence-electron chi connectivity index (χ3n) is 12.8. The first kappa shape index (κ1) is 60.4. The summed E-state index contributed by atoms with van der Waals surface area (Å²) in [4.78, 5) is 38.0. The van der Waals surface area contributed by atoms with Gasteiger partial charge in [0.05, 0.1) is 0 Å². The molecule has 6 heteroatoms. The van der Waals surface area contributed by atoms with Crippen LogP contribution in [0.5, 0.6) is 0 Å². The summed E-state index contributed by atoms with van der Waals surface area (Å²) in [6.45, 7) is 9.04. The Morgan fingerprint density at radius 2 is 0.532 bits per heavy atom. The molecule has 62 heavy (non-hydrogen) atoms. The highest BCUT2D eigenvalue weighted by atomic mass is 16.6. The second-order valence-corrected chi connectivity index (χ2v) is 19.7. The zero-order valence-corrected chi connectivity index (χ0v) is 42.3. The lowest BCUT2D eigenvalue weighted by Gasteiger charge is -2.18. The van der Waals surface area contributed by atoms with Gasteiger partial charge in [-0.15, -0.1) is 0 Å². The Morgan fingerprint density at radius 1 is 0.306 bits per heavy atom. The van der Waals surface area contributed by atoms with E-state index in [1.165, 1.54) is 212 Å². The minimum atomic E-state index is -0.761. The third-order valence-corrected chi connectivity index (χ3v) is 12.8. The van der Waals surface area contributed by atoms with E-state index in [-0.39, 0.29) is 31.1 Å². The van der Waals surface area contributed by atoms with Crippen LogP contribution in [0.15, 0.2) is 0 Å². The largest absolute Gasteiger partial charge is 0.462 e. The molecule has 0 fully saturated rings. The highest BCUT2D eigenvalue weighted by molar-refractivity contribution is 5.71. The molecular weight excluding hydrogens is 769 g/mol. The molecule has 0 aliphatic carbocycles. The van der Waals surface area contributed by atoms with Crippen molar-refractivity contribution in [2.24, 2.45) is 5.92 Å². The summed E-state index contributed by atoms with van der Waals surface area (Å²) in [5, 5.41) is 0. The van der Waals surface area contributed by atoms with Crippen LogP contribution >= 0.6 is 0 Å². The van der Waals surface area contributed by atoms with Crippen molar-refractivity contribution in [2.45, 2.75) is 323 Å². The Bertz CT molecular complexity index is 933. The monoisotopic (exact) mass is 877 g/mol. The molecule has 0 N–H and O–H groups in total. The number of unbranched alkanes of at least 4 members (excludes halogenated alkanes) is 38. The fourth-order valence-corrected chi connectivity index (χ4v) is 8.57. The summed E-state index contributed by atoms with van der Waals surface area (Å²) in [5.41, 5.74) is 0. The van der Waals surface area contributed by atoms with Crippen molar-refractivity contribution < 1.29 is 28.6 Å². The third kappa shape index (κ3) is 49.4. The van der Waals surface area contributed by atoms with Crippen molar-refractivity contribution in [1.29, 1.82) is 0 Å². The molecule has 0 aliphatic rings. The van der Waals surface area contributed by atoms with Gasteiger partial charge in [-0.2, -0.15) is 0 Å². The second kappa shape index (κ2) is 50.4. The quantitative estimate of drug-likeness (QED) is 0.0344. The molecule has 0 aromatic carbocycles. The summed E-state index contributed by atoms with van der Waals surface area (Å²) in [5.74, 6) is -0.0138. The zero-order chi connectivity index (χ0) is 45.2. The molecule has 0 aromatic rings. The number of hydrogen-bond acceptors (Lipinski definition) is 6. The van der Waals surface area contributed by atoms with Gasteiger partial charge in [-0.3, -0.25) is 14.4 Å². The van der Waals surface area contributed by atoms with E-state index in [2.05, 4.69) is 27.7 Å². The number of carbonyl (C=O) groups excluding carboxylic acids is 3. The predicted molar refractivity (Wildman–Crippen MR) is 266 cm³/mol. The fourth-order valence-electron chi connectivity index (χ4n) is 8.57. The molecule has 0 rings (SSSR count). The van der Waals surface area contributed by atoms with Crippen molar-refractivity contribution in [1.82, 2.24) is 0 Å². The molecule has 0 amide bonds. The van der Waals surface area contributed by atoms with Gasteiger partial charge in [0.15, 0.2) is 6.10 Å². The van der Waals surface area contributed by atoms with Gasteiger partial charge < -0.3 is 14.2 Å². The van der Waals surface area contributed by atoms with Crippen molar-refractivity contribution in [3.8, 4) is 0 Å². The fraction of sp³-hybridized carbons (Fsp3) is 0.946. The van der Waals surface area contributed by atoms with E-state index in [4.69, 9.17) is 14.2 Å². The molecule has 0 spiro atoms. The molecule has 0 saturated carbocycles. The Kier molecular flexibility index (Phi) is 49.1. The maximum absolute atomic E-state index is 12.8. The molecule has 0 saturated heterocycles. The van der Waals surface area contributed by atoms with Crippen LogP contribution in [0.2, 0.25) is 0 Å². The van der Waals surface area contributed by atoms with E-state index in [1.54, 1.807) is 0 Å². The summed E-state index contributed by atoms with van der Waals surface area (Å²) in [7, 11) is 0. The van der Waals surface area contributed by atoms with Gasteiger partial charge in [-0.1, -0.05) is 278 Å². The molecule has 0 heterocycles. The van der Waals surface area contributed by atoms with E-state index in [9.17, 15) is 14.4 Å². The van der Waals surface area contributed by atoms with Crippen LogP contribution in [0, 0.1) is 5.92 Å². The molecule has 0 unspecified atom stereocenters. The van der Waals surface area contributed by atoms with Crippen LogP contribution in [0.3, 0.4) is 0 Å². The van der Waals surface area contributed by atoms with Gasteiger partial charge >= 0.3 is 17.9 Å². The van der Waals surface area contributed by atoms with Crippen LogP contribution in [0.25, 0.3) is 0 Å². The van der Waals surface area contributed by atoms with Gasteiger partial charge in [0.2, 0.25) is 0 Å². The number of ether oxygens (including phenoxy) is 3. The predicted octanol–water partition coefficient (Wildman–Crippen LogP) is 18.2. The number of carbonyl (C=O) groups is 3. The van der Waals surface area contributed by atoms with Crippen molar-refractivity contribution in [3.05, 3.63) is 0 Å². The second-order valence-electron chi connectivity index (χ2n) is 19.7. The topological polar surface area (TPSA) is 78.9 Å². The average Bonchev–Trinajstić information content (AvgIpc) is 3.26. The van der Waals surface area contributed by atoms with Gasteiger partial charge in [-0.25, -0.2) is 0 Å². The maximum Gasteiger partial charge on any atom is 0.306 e. The molecular formula is C56H108O6. The average molecular weight is 877 g/mol. The van der Waals surface area contributed by atoms with Crippen LogP contribution in [-0.4, -0.2) is 37.2 Å². The highest BCUT2D eigenvalue weighted by Crippen LogP contribution is 2.18. The molecule has 368 valence electrons. The zero-order valence-electron chi connectivity index (χ0n) is 42.3. The van der Waals surface area contributed by atoms with Crippen molar-refractivity contribution in [3.63, 3.8) is 0 Å². The number of esters is 3. The Balaban J connectivity index is 4.29. The Labute approximate surface area is 387 Å². The molecule has 0 aromatic heterocycles. The molecule has 0 bridgehead atoms. The number of hydrogen-bond donors (Lipinski definition) is 0. The normalized spacial score (nSPS) is 12.0. The smallest absolute Gasteiger partial charge is 0.306 e. The minimum absolute atomic E-state index is 0.0622. The van der Waals surface area contributed by atoms with Gasteiger partial charge in [0.25, 0.3) is 0 Å². The summed E-state index contributed by atoms with van der Waals surface area (Å²) in [6.07, 6.45) is 53.7. The van der Waals surface area contributed by atoms with Crippen LogP contribution in [0.1, 0.15) is 317 Å². The van der Waals surface area contributed by atoms with Crippen LogP contribution < -0.4 is 0 Å².